The smallest absolute Gasteiger partial charge is 0.232 e. The fraction of sp³-hybridized carbons (Fsp3) is 0.125. The average molecular weight is 487 g/mol. The Bertz CT molecular complexity index is 1380. The van der Waals surface area contributed by atoms with Crippen LogP contribution in [0, 0.1) is 6.92 Å². The van der Waals surface area contributed by atoms with Gasteiger partial charge in [0.2, 0.25) is 11.9 Å². The van der Waals surface area contributed by atoms with Crippen LogP contribution in [-0.2, 0) is 12.2 Å². The molecule has 0 aliphatic carbocycles. The van der Waals surface area contributed by atoms with Crippen LogP contribution in [0.4, 0.5) is 17.6 Å². The predicted molar refractivity (Wildman–Crippen MR) is 137 cm³/mol. The molecule has 0 saturated heterocycles. The van der Waals surface area contributed by atoms with Gasteiger partial charge in [0.15, 0.2) is 5.16 Å². The Morgan fingerprint density at radius 3 is 2.56 bits per heavy atom. The quantitative estimate of drug-likeness (QED) is 0.294. The average Bonchev–Trinajstić information content (AvgIpc) is 3.50. The van der Waals surface area contributed by atoms with Gasteiger partial charge in [-0.05, 0) is 42.1 Å². The Morgan fingerprint density at radius 1 is 0.941 bits per heavy atom. The van der Waals surface area contributed by atoms with Crippen LogP contribution in [0.5, 0.6) is 0 Å². The Hall–Kier alpha value is -3.76. The van der Waals surface area contributed by atoms with Gasteiger partial charge in [0.25, 0.3) is 0 Å². The van der Waals surface area contributed by atoms with E-state index in [1.54, 1.807) is 11.3 Å². The summed E-state index contributed by atoms with van der Waals surface area (Å²) >= 11 is 3.22. The van der Waals surface area contributed by atoms with E-state index in [1.165, 1.54) is 16.6 Å². The van der Waals surface area contributed by atoms with Crippen molar-refractivity contribution < 1.29 is 0 Å². The second-order valence-corrected chi connectivity index (χ2v) is 9.46. The number of nitrogen functional groups attached to an aromatic ring is 1. The number of benzene rings is 2. The van der Waals surface area contributed by atoms with Gasteiger partial charge in [0, 0.05) is 22.7 Å². The minimum absolute atomic E-state index is 0.171. The number of rotatable bonds is 8. The zero-order valence-corrected chi connectivity index (χ0v) is 20.1. The molecule has 0 unspecified atom stereocenters. The largest absolute Gasteiger partial charge is 0.368 e. The van der Waals surface area contributed by atoms with Crippen LogP contribution in [-0.4, -0.2) is 29.7 Å². The third-order valence-electron chi connectivity index (χ3n) is 5.05. The van der Waals surface area contributed by atoms with Crippen LogP contribution in [0.25, 0.3) is 5.69 Å². The first kappa shape index (κ1) is 22.1. The van der Waals surface area contributed by atoms with E-state index >= 15 is 0 Å². The molecule has 0 amide bonds. The molecular weight excluding hydrogens is 464 g/mol. The summed E-state index contributed by atoms with van der Waals surface area (Å²) in [4.78, 5) is 14.4. The number of nitrogens with one attached hydrogen (secondary N) is 1. The molecule has 0 atom stereocenters. The van der Waals surface area contributed by atoms with Crippen molar-refractivity contribution in [3.63, 3.8) is 0 Å². The van der Waals surface area contributed by atoms with E-state index in [1.807, 2.05) is 55.5 Å². The Labute approximate surface area is 205 Å². The zero-order chi connectivity index (χ0) is 23.3. The van der Waals surface area contributed by atoms with E-state index in [2.05, 4.69) is 58.6 Å². The summed E-state index contributed by atoms with van der Waals surface area (Å²) in [5, 5.41) is 15.0. The number of aromatic nitrogens is 6. The molecule has 3 aromatic heterocycles. The number of anilines is 3. The van der Waals surface area contributed by atoms with Gasteiger partial charge in [-0.2, -0.15) is 15.0 Å². The van der Waals surface area contributed by atoms with Gasteiger partial charge >= 0.3 is 0 Å². The first-order chi connectivity index (χ1) is 16.7. The minimum atomic E-state index is 0.171. The van der Waals surface area contributed by atoms with E-state index in [0.717, 1.165) is 27.9 Å². The predicted octanol–water partition coefficient (Wildman–Crippen LogP) is 5.03. The number of hydrogen-bond donors (Lipinski definition) is 2. The standard InChI is InChI=1S/C24H22N8S2/c1-16-8-5-6-12-19(16)26-23-28-20(27-22(25)29-23)15-34-24-31-30-21(14-18-11-7-13-33-18)32(24)17-9-3-2-4-10-17/h2-13H,14-15H2,1H3,(H3,25,26,27,28,29). The van der Waals surface area contributed by atoms with Crippen LogP contribution in [0.15, 0.2) is 77.3 Å². The molecule has 5 rings (SSSR count). The fourth-order valence-electron chi connectivity index (χ4n) is 3.43. The highest BCUT2D eigenvalue weighted by molar-refractivity contribution is 7.98. The van der Waals surface area contributed by atoms with Gasteiger partial charge in [0.05, 0.1) is 5.75 Å². The van der Waals surface area contributed by atoms with E-state index in [0.29, 0.717) is 23.9 Å². The number of thioether (sulfide) groups is 1. The van der Waals surface area contributed by atoms with Crippen molar-refractivity contribution in [2.75, 3.05) is 11.1 Å². The zero-order valence-electron chi connectivity index (χ0n) is 18.4. The SMILES string of the molecule is Cc1ccccc1Nc1nc(N)nc(CSc2nnc(Cc3cccs3)n2-c2ccccc2)n1. The molecule has 34 heavy (non-hydrogen) atoms. The van der Waals surface area contributed by atoms with Crippen molar-refractivity contribution in [3.05, 3.63) is 94.2 Å². The Kier molecular flexibility index (Phi) is 6.50. The van der Waals surface area contributed by atoms with Crippen LogP contribution in [0.2, 0.25) is 0 Å². The fourth-order valence-corrected chi connectivity index (χ4v) is 4.96. The van der Waals surface area contributed by atoms with Crippen LogP contribution < -0.4 is 11.1 Å². The molecule has 10 heteroatoms. The topological polar surface area (TPSA) is 107 Å². The molecular formula is C24H22N8S2. The normalized spacial score (nSPS) is 11.0. The maximum Gasteiger partial charge on any atom is 0.232 e. The number of hydrogen-bond acceptors (Lipinski definition) is 9. The lowest BCUT2D eigenvalue weighted by Gasteiger charge is -2.11. The van der Waals surface area contributed by atoms with Gasteiger partial charge in [-0.15, -0.1) is 21.5 Å². The first-order valence-corrected chi connectivity index (χ1v) is 12.5. The van der Waals surface area contributed by atoms with Gasteiger partial charge in [0.1, 0.15) is 11.6 Å². The molecule has 0 aliphatic rings. The monoisotopic (exact) mass is 486 g/mol. The molecule has 3 N–H and O–H groups in total. The molecule has 0 spiro atoms. The number of thiophene rings is 1. The third kappa shape index (κ3) is 5.08. The molecule has 0 radical (unpaired) electrons. The van der Waals surface area contributed by atoms with Crippen molar-refractivity contribution in [3.8, 4) is 5.69 Å². The summed E-state index contributed by atoms with van der Waals surface area (Å²) < 4.78 is 2.08. The number of para-hydroxylation sites is 2. The van der Waals surface area contributed by atoms with Crippen LogP contribution in [0.3, 0.4) is 0 Å². The van der Waals surface area contributed by atoms with Crippen molar-refractivity contribution in [2.45, 2.75) is 24.3 Å². The van der Waals surface area contributed by atoms with E-state index in [4.69, 9.17) is 5.73 Å². The molecule has 0 aliphatic heterocycles. The summed E-state index contributed by atoms with van der Waals surface area (Å²) in [6, 6.07) is 22.2. The van der Waals surface area contributed by atoms with Gasteiger partial charge in [-0.3, -0.25) is 4.57 Å². The molecule has 5 aromatic rings. The first-order valence-electron chi connectivity index (χ1n) is 10.6. The third-order valence-corrected chi connectivity index (χ3v) is 6.85. The van der Waals surface area contributed by atoms with E-state index in [-0.39, 0.29) is 5.95 Å². The van der Waals surface area contributed by atoms with Gasteiger partial charge in [-0.25, -0.2) is 0 Å². The summed E-state index contributed by atoms with van der Waals surface area (Å²) in [5.74, 6) is 2.51. The summed E-state index contributed by atoms with van der Waals surface area (Å²) in [7, 11) is 0. The second kappa shape index (κ2) is 10.0. The maximum absolute atomic E-state index is 5.98. The summed E-state index contributed by atoms with van der Waals surface area (Å²) in [6.45, 7) is 2.02. The lowest BCUT2D eigenvalue weighted by atomic mass is 10.2. The number of nitrogens with two attached hydrogens (primary N) is 1. The Morgan fingerprint density at radius 2 is 1.76 bits per heavy atom. The highest BCUT2D eigenvalue weighted by Gasteiger charge is 2.16. The summed E-state index contributed by atoms with van der Waals surface area (Å²) in [5.41, 5.74) is 9.00. The van der Waals surface area contributed by atoms with Gasteiger partial charge < -0.3 is 11.1 Å². The van der Waals surface area contributed by atoms with E-state index in [9.17, 15) is 0 Å². The maximum atomic E-state index is 5.98. The second-order valence-electron chi connectivity index (χ2n) is 7.49. The Balaban J connectivity index is 1.39. The van der Waals surface area contributed by atoms with Crippen LogP contribution in [0.1, 0.15) is 22.1 Å². The molecule has 170 valence electrons. The highest BCUT2D eigenvalue weighted by Crippen LogP contribution is 2.27. The minimum Gasteiger partial charge on any atom is -0.368 e. The molecule has 0 saturated carbocycles. The van der Waals surface area contributed by atoms with E-state index < -0.39 is 0 Å². The molecule has 0 fully saturated rings. The lowest BCUT2D eigenvalue weighted by Crippen LogP contribution is -2.07. The molecule has 0 bridgehead atoms. The van der Waals surface area contributed by atoms with Gasteiger partial charge in [-0.1, -0.05) is 54.2 Å². The molecule has 2 aromatic carbocycles. The van der Waals surface area contributed by atoms with Crippen molar-refractivity contribution in [1.82, 2.24) is 29.7 Å². The van der Waals surface area contributed by atoms with Crippen molar-refractivity contribution in [2.24, 2.45) is 0 Å². The number of nitrogens with zero attached hydrogens (tertiary/aromatic N) is 6. The highest BCUT2D eigenvalue weighted by atomic mass is 32.2. The molecule has 8 nitrogen and oxygen atoms in total. The van der Waals surface area contributed by atoms with Crippen LogP contribution >= 0.6 is 23.1 Å². The lowest BCUT2D eigenvalue weighted by molar-refractivity contribution is 0.849. The number of aryl methyl sites for hydroxylation is 1. The molecule has 3 heterocycles. The summed E-state index contributed by atoms with van der Waals surface area (Å²) in [6.07, 6.45) is 0.712. The van der Waals surface area contributed by atoms with Crippen molar-refractivity contribution in [1.29, 1.82) is 0 Å². The van der Waals surface area contributed by atoms with Crippen molar-refractivity contribution >= 4 is 40.7 Å².